The molecule has 5 heteroatoms. The summed E-state index contributed by atoms with van der Waals surface area (Å²) in [5.41, 5.74) is 0.0999. The average molecular weight is 274 g/mol. The molecule has 1 aromatic rings. The molecule has 19 heavy (non-hydrogen) atoms. The van der Waals surface area contributed by atoms with Crippen LogP contribution < -0.4 is 10.6 Å². The fourth-order valence-corrected chi connectivity index (χ4v) is 1.62. The molecular weight excluding hydrogens is 253 g/mol. The van der Waals surface area contributed by atoms with Crippen LogP contribution in [0, 0.1) is 0 Å². The molecule has 108 valence electrons. The number of halogens is 3. The first-order valence-electron chi connectivity index (χ1n) is 6.30. The number of alkyl halides is 3. The number of rotatable bonds is 5. The Morgan fingerprint density at radius 1 is 1.05 bits per heavy atom. The minimum Gasteiger partial charge on any atom is -0.311 e. The van der Waals surface area contributed by atoms with Crippen LogP contribution in [-0.2, 0) is 12.7 Å². The van der Waals surface area contributed by atoms with E-state index in [4.69, 9.17) is 0 Å². The van der Waals surface area contributed by atoms with Crippen molar-refractivity contribution in [3.8, 4) is 0 Å². The first-order valence-corrected chi connectivity index (χ1v) is 6.30. The second kappa shape index (κ2) is 6.39. The molecule has 0 heterocycles. The van der Waals surface area contributed by atoms with Gasteiger partial charge in [0.2, 0.25) is 0 Å². The molecule has 0 atom stereocenters. The lowest BCUT2D eigenvalue weighted by molar-refractivity contribution is -0.137. The smallest absolute Gasteiger partial charge is 0.311 e. The highest BCUT2D eigenvalue weighted by Crippen LogP contribution is 2.29. The summed E-state index contributed by atoms with van der Waals surface area (Å²) in [5, 5.41) is 6.42. The van der Waals surface area contributed by atoms with E-state index in [1.54, 1.807) is 6.07 Å². The molecule has 0 spiro atoms. The van der Waals surface area contributed by atoms with Crippen LogP contribution in [0.1, 0.15) is 31.9 Å². The summed E-state index contributed by atoms with van der Waals surface area (Å²) >= 11 is 0. The number of nitrogens with one attached hydrogen (secondary N) is 2. The Kier molecular flexibility index (Phi) is 5.38. The van der Waals surface area contributed by atoms with E-state index in [2.05, 4.69) is 31.4 Å². The third-order valence-corrected chi connectivity index (χ3v) is 2.54. The molecule has 0 aliphatic carbocycles. The summed E-state index contributed by atoms with van der Waals surface area (Å²) in [4.78, 5) is 0. The highest BCUT2D eigenvalue weighted by Gasteiger charge is 2.30. The van der Waals surface area contributed by atoms with Gasteiger partial charge in [-0.05, 0) is 32.4 Å². The van der Waals surface area contributed by atoms with Crippen molar-refractivity contribution >= 4 is 0 Å². The van der Waals surface area contributed by atoms with Crippen LogP contribution in [0.4, 0.5) is 13.2 Å². The van der Waals surface area contributed by atoms with Crippen LogP contribution in [0.15, 0.2) is 24.3 Å². The molecule has 0 aliphatic rings. The van der Waals surface area contributed by atoms with Crippen molar-refractivity contribution in [1.29, 1.82) is 0 Å². The van der Waals surface area contributed by atoms with E-state index >= 15 is 0 Å². The SMILES string of the molecule is CC(C)(C)NCCNCc1cccc(C(F)(F)F)c1. The van der Waals surface area contributed by atoms with E-state index in [0.717, 1.165) is 12.6 Å². The predicted octanol–water partition coefficient (Wildman–Crippen LogP) is 3.18. The van der Waals surface area contributed by atoms with Crippen molar-refractivity contribution in [2.24, 2.45) is 0 Å². The van der Waals surface area contributed by atoms with Crippen molar-refractivity contribution in [3.05, 3.63) is 35.4 Å². The molecule has 0 bridgehead atoms. The standard InChI is InChI=1S/C14H21F3N2/c1-13(2,3)19-8-7-18-10-11-5-4-6-12(9-11)14(15,16)17/h4-6,9,18-19H,7-8,10H2,1-3H3. The third kappa shape index (κ3) is 6.59. The summed E-state index contributed by atoms with van der Waals surface area (Å²) in [7, 11) is 0. The van der Waals surface area contributed by atoms with Gasteiger partial charge in [-0.25, -0.2) is 0 Å². The largest absolute Gasteiger partial charge is 0.416 e. The molecule has 0 radical (unpaired) electrons. The van der Waals surface area contributed by atoms with Gasteiger partial charge in [-0.1, -0.05) is 18.2 Å². The van der Waals surface area contributed by atoms with Crippen molar-refractivity contribution in [3.63, 3.8) is 0 Å². The maximum Gasteiger partial charge on any atom is 0.416 e. The van der Waals surface area contributed by atoms with Crippen molar-refractivity contribution in [2.45, 2.75) is 39.0 Å². The minimum absolute atomic E-state index is 0.0535. The Balaban J connectivity index is 2.38. The maximum absolute atomic E-state index is 12.5. The lowest BCUT2D eigenvalue weighted by Gasteiger charge is -2.20. The van der Waals surface area contributed by atoms with E-state index in [9.17, 15) is 13.2 Å². The summed E-state index contributed by atoms with van der Waals surface area (Å²) in [6.45, 7) is 8.14. The van der Waals surface area contributed by atoms with Crippen LogP contribution in [0.25, 0.3) is 0 Å². The van der Waals surface area contributed by atoms with E-state index in [1.807, 2.05) is 0 Å². The van der Waals surface area contributed by atoms with Crippen LogP contribution in [0.2, 0.25) is 0 Å². The zero-order chi connectivity index (χ0) is 14.5. The Labute approximate surface area is 112 Å². The van der Waals surface area contributed by atoms with Crippen LogP contribution in [0.3, 0.4) is 0 Å². The molecule has 0 aromatic heterocycles. The van der Waals surface area contributed by atoms with Gasteiger partial charge in [0.25, 0.3) is 0 Å². The zero-order valence-electron chi connectivity index (χ0n) is 11.6. The summed E-state index contributed by atoms with van der Waals surface area (Å²) in [5.74, 6) is 0. The lowest BCUT2D eigenvalue weighted by atomic mass is 10.1. The van der Waals surface area contributed by atoms with Gasteiger partial charge in [0.15, 0.2) is 0 Å². The Morgan fingerprint density at radius 3 is 2.32 bits per heavy atom. The molecule has 2 N–H and O–H groups in total. The molecule has 0 fully saturated rings. The second-order valence-electron chi connectivity index (χ2n) is 5.55. The van der Waals surface area contributed by atoms with Crippen LogP contribution >= 0.6 is 0 Å². The van der Waals surface area contributed by atoms with Crippen molar-refractivity contribution in [1.82, 2.24) is 10.6 Å². The number of hydrogen-bond acceptors (Lipinski definition) is 2. The van der Waals surface area contributed by atoms with Gasteiger partial charge in [0, 0.05) is 25.2 Å². The molecule has 0 saturated heterocycles. The molecule has 0 aliphatic heterocycles. The van der Waals surface area contributed by atoms with Gasteiger partial charge in [-0.15, -0.1) is 0 Å². The highest BCUT2D eigenvalue weighted by atomic mass is 19.4. The number of hydrogen-bond donors (Lipinski definition) is 2. The Hall–Kier alpha value is -1.07. The summed E-state index contributed by atoms with van der Waals surface area (Å²) in [6.07, 6.45) is -4.27. The Bertz CT molecular complexity index is 394. The van der Waals surface area contributed by atoms with E-state index in [1.165, 1.54) is 12.1 Å². The van der Waals surface area contributed by atoms with Crippen molar-refractivity contribution in [2.75, 3.05) is 13.1 Å². The maximum atomic E-state index is 12.5. The lowest BCUT2D eigenvalue weighted by Crippen LogP contribution is -2.40. The van der Waals surface area contributed by atoms with E-state index in [-0.39, 0.29) is 5.54 Å². The molecule has 0 unspecified atom stereocenters. The topological polar surface area (TPSA) is 24.1 Å². The van der Waals surface area contributed by atoms with E-state index < -0.39 is 11.7 Å². The normalized spacial score (nSPS) is 12.7. The fraction of sp³-hybridized carbons (Fsp3) is 0.571. The average Bonchev–Trinajstić information content (AvgIpc) is 2.26. The van der Waals surface area contributed by atoms with Gasteiger partial charge >= 0.3 is 6.18 Å². The molecule has 1 rings (SSSR count). The summed E-state index contributed by atoms with van der Waals surface area (Å²) in [6, 6.07) is 5.40. The van der Waals surface area contributed by atoms with Gasteiger partial charge in [-0.2, -0.15) is 13.2 Å². The van der Waals surface area contributed by atoms with Gasteiger partial charge < -0.3 is 10.6 Å². The predicted molar refractivity (Wildman–Crippen MR) is 70.9 cm³/mol. The van der Waals surface area contributed by atoms with Crippen molar-refractivity contribution < 1.29 is 13.2 Å². The quantitative estimate of drug-likeness (QED) is 0.806. The first kappa shape index (κ1) is 16.0. The van der Waals surface area contributed by atoms with E-state index in [0.29, 0.717) is 18.7 Å². The highest BCUT2D eigenvalue weighted by molar-refractivity contribution is 5.25. The molecular formula is C14H21F3N2. The van der Waals surface area contributed by atoms with Crippen LogP contribution in [0.5, 0.6) is 0 Å². The molecule has 2 nitrogen and oxygen atoms in total. The van der Waals surface area contributed by atoms with Gasteiger partial charge in [-0.3, -0.25) is 0 Å². The molecule has 0 saturated carbocycles. The third-order valence-electron chi connectivity index (χ3n) is 2.54. The number of benzene rings is 1. The Morgan fingerprint density at radius 2 is 1.74 bits per heavy atom. The molecule has 1 aromatic carbocycles. The monoisotopic (exact) mass is 274 g/mol. The second-order valence-corrected chi connectivity index (χ2v) is 5.55. The minimum atomic E-state index is -4.27. The van der Waals surface area contributed by atoms with Gasteiger partial charge in [0.05, 0.1) is 5.56 Å². The fourth-order valence-electron chi connectivity index (χ4n) is 1.62. The molecule has 0 amide bonds. The first-order chi connectivity index (χ1) is 8.68. The summed E-state index contributed by atoms with van der Waals surface area (Å²) < 4.78 is 37.5. The van der Waals surface area contributed by atoms with Gasteiger partial charge in [0.1, 0.15) is 0 Å². The zero-order valence-corrected chi connectivity index (χ0v) is 11.6. The van der Waals surface area contributed by atoms with Crippen LogP contribution in [-0.4, -0.2) is 18.6 Å².